The van der Waals surface area contributed by atoms with Crippen molar-refractivity contribution in [1.29, 1.82) is 0 Å². The SMILES string of the molecule is CCC(C)[C@H](NC(=O)NCC1(c2ccc(OC)cc2)CCOCC1)C(=O)OC. The van der Waals surface area contributed by atoms with Gasteiger partial charge in [0.15, 0.2) is 0 Å². The Kier molecular flexibility index (Phi) is 8.11. The van der Waals surface area contributed by atoms with Crippen LogP contribution in [0.4, 0.5) is 4.79 Å². The summed E-state index contributed by atoms with van der Waals surface area (Å²) in [6.07, 6.45) is 2.38. The fraction of sp³-hybridized carbons (Fsp3) is 0.619. The van der Waals surface area contributed by atoms with Crippen molar-refractivity contribution in [3.63, 3.8) is 0 Å². The molecular weight excluding hydrogens is 360 g/mol. The van der Waals surface area contributed by atoms with Crippen LogP contribution in [0, 0.1) is 5.92 Å². The molecule has 2 amide bonds. The van der Waals surface area contributed by atoms with Gasteiger partial charge in [0.25, 0.3) is 0 Å². The number of benzene rings is 1. The maximum atomic E-state index is 12.5. The summed E-state index contributed by atoms with van der Waals surface area (Å²) in [5, 5.41) is 5.73. The van der Waals surface area contributed by atoms with Gasteiger partial charge < -0.3 is 24.8 Å². The lowest BCUT2D eigenvalue weighted by Crippen LogP contribution is -2.52. The molecule has 2 rings (SSSR count). The Hall–Kier alpha value is -2.28. The van der Waals surface area contributed by atoms with Gasteiger partial charge in [0, 0.05) is 25.2 Å². The Balaban J connectivity index is 2.08. The van der Waals surface area contributed by atoms with Gasteiger partial charge in [-0.3, -0.25) is 0 Å². The first-order chi connectivity index (χ1) is 13.5. The van der Waals surface area contributed by atoms with Gasteiger partial charge in [0.05, 0.1) is 14.2 Å². The fourth-order valence-electron chi connectivity index (χ4n) is 3.51. The molecule has 0 radical (unpaired) electrons. The van der Waals surface area contributed by atoms with Crippen LogP contribution in [-0.4, -0.2) is 52.0 Å². The van der Waals surface area contributed by atoms with Crippen molar-refractivity contribution in [2.45, 2.75) is 44.6 Å². The Morgan fingerprint density at radius 2 is 1.82 bits per heavy atom. The first-order valence-electron chi connectivity index (χ1n) is 9.80. The number of hydrogen-bond donors (Lipinski definition) is 2. The second-order valence-electron chi connectivity index (χ2n) is 7.33. The first kappa shape index (κ1) is 22.0. The molecule has 28 heavy (non-hydrogen) atoms. The topological polar surface area (TPSA) is 85.9 Å². The lowest BCUT2D eigenvalue weighted by molar-refractivity contribution is -0.144. The zero-order valence-electron chi connectivity index (χ0n) is 17.2. The number of rotatable bonds is 8. The number of nitrogens with one attached hydrogen (secondary N) is 2. The molecule has 0 bridgehead atoms. The van der Waals surface area contributed by atoms with E-state index in [1.54, 1.807) is 7.11 Å². The quantitative estimate of drug-likeness (QED) is 0.664. The summed E-state index contributed by atoms with van der Waals surface area (Å²) in [6, 6.07) is 6.92. The Morgan fingerprint density at radius 1 is 1.18 bits per heavy atom. The van der Waals surface area contributed by atoms with Crippen LogP contribution in [0.5, 0.6) is 5.75 Å². The number of carbonyl (C=O) groups is 2. The molecule has 1 aromatic rings. The number of carbonyl (C=O) groups excluding carboxylic acids is 2. The predicted octanol–water partition coefficient (Wildman–Crippen LogP) is 2.63. The molecule has 0 spiro atoms. The van der Waals surface area contributed by atoms with E-state index in [0.717, 1.165) is 30.6 Å². The van der Waals surface area contributed by atoms with Crippen LogP contribution < -0.4 is 15.4 Å². The molecule has 1 fully saturated rings. The number of ether oxygens (including phenoxy) is 3. The van der Waals surface area contributed by atoms with E-state index in [9.17, 15) is 9.59 Å². The number of urea groups is 1. The standard InChI is InChI=1S/C21H32N2O5/c1-5-15(2)18(19(24)27-4)23-20(25)22-14-21(10-12-28-13-11-21)16-6-8-17(26-3)9-7-16/h6-9,15,18H,5,10-14H2,1-4H3,(H2,22,23,25)/t15?,18-/m0/s1. The summed E-state index contributed by atoms with van der Waals surface area (Å²) in [4.78, 5) is 24.5. The Bertz CT molecular complexity index is 641. The van der Waals surface area contributed by atoms with E-state index in [0.29, 0.717) is 19.8 Å². The second-order valence-corrected chi connectivity index (χ2v) is 7.33. The number of methoxy groups -OCH3 is 2. The normalized spacial score (nSPS) is 17.9. The van der Waals surface area contributed by atoms with E-state index in [1.165, 1.54) is 7.11 Å². The maximum absolute atomic E-state index is 12.5. The second kappa shape index (κ2) is 10.3. The smallest absolute Gasteiger partial charge is 0.328 e. The summed E-state index contributed by atoms with van der Waals surface area (Å²) >= 11 is 0. The Labute approximate surface area is 167 Å². The molecule has 1 unspecified atom stereocenters. The van der Waals surface area contributed by atoms with Crippen molar-refractivity contribution in [3.8, 4) is 5.75 Å². The van der Waals surface area contributed by atoms with Crippen LogP contribution in [0.3, 0.4) is 0 Å². The maximum Gasteiger partial charge on any atom is 0.328 e. The van der Waals surface area contributed by atoms with Gasteiger partial charge in [0.1, 0.15) is 11.8 Å². The average molecular weight is 392 g/mol. The Morgan fingerprint density at radius 3 is 2.36 bits per heavy atom. The van der Waals surface area contributed by atoms with Gasteiger partial charge in [-0.2, -0.15) is 0 Å². The molecular formula is C21H32N2O5. The van der Waals surface area contributed by atoms with Gasteiger partial charge in [-0.05, 0) is 36.5 Å². The summed E-state index contributed by atoms with van der Waals surface area (Å²) in [7, 11) is 2.97. The third-order valence-electron chi connectivity index (χ3n) is 5.69. The van der Waals surface area contributed by atoms with Gasteiger partial charge in [-0.25, -0.2) is 9.59 Å². The van der Waals surface area contributed by atoms with Gasteiger partial charge >= 0.3 is 12.0 Å². The highest BCUT2D eigenvalue weighted by molar-refractivity contribution is 5.83. The molecule has 156 valence electrons. The predicted molar refractivity (Wildman–Crippen MR) is 107 cm³/mol. The first-order valence-corrected chi connectivity index (χ1v) is 9.80. The van der Waals surface area contributed by atoms with Gasteiger partial charge in [-0.1, -0.05) is 32.4 Å². The molecule has 2 N–H and O–H groups in total. The highest BCUT2D eigenvalue weighted by Crippen LogP contribution is 2.35. The van der Waals surface area contributed by atoms with E-state index in [4.69, 9.17) is 14.2 Å². The summed E-state index contributed by atoms with van der Waals surface area (Å²) in [5.41, 5.74) is 0.933. The van der Waals surface area contributed by atoms with E-state index < -0.39 is 12.0 Å². The molecule has 2 atom stereocenters. The van der Waals surface area contributed by atoms with E-state index in [-0.39, 0.29) is 17.4 Å². The van der Waals surface area contributed by atoms with Crippen molar-refractivity contribution in [3.05, 3.63) is 29.8 Å². The fourth-order valence-corrected chi connectivity index (χ4v) is 3.51. The average Bonchev–Trinajstić information content (AvgIpc) is 2.75. The zero-order valence-corrected chi connectivity index (χ0v) is 17.2. The molecule has 1 aliphatic rings. The lowest BCUT2D eigenvalue weighted by atomic mass is 9.74. The third kappa shape index (κ3) is 5.38. The lowest BCUT2D eigenvalue weighted by Gasteiger charge is -2.38. The molecule has 1 saturated heterocycles. The van der Waals surface area contributed by atoms with Crippen LogP contribution in [0.15, 0.2) is 24.3 Å². The van der Waals surface area contributed by atoms with Crippen molar-refractivity contribution < 1.29 is 23.8 Å². The molecule has 7 nitrogen and oxygen atoms in total. The minimum absolute atomic E-state index is 0.0168. The number of hydrogen-bond acceptors (Lipinski definition) is 5. The third-order valence-corrected chi connectivity index (χ3v) is 5.69. The van der Waals surface area contributed by atoms with E-state index in [1.807, 2.05) is 38.1 Å². The monoisotopic (exact) mass is 392 g/mol. The van der Waals surface area contributed by atoms with Crippen LogP contribution in [0.25, 0.3) is 0 Å². The van der Waals surface area contributed by atoms with E-state index >= 15 is 0 Å². The number of esters is 1. The summed E-state index contributed by atoms with van der Waals surface area (Å²) < 4.78 is 15.6. The van der Waals surface area contributed by atoms with Crippen LogP contribution in [-0.2, 0) is 19.7 Å². The summed E-state index contributed by atoms with van der Waals surface area (Å²) in [5.74, 6) is 0.350. The van der Waals surface area contributed by atoms with Gasteiger partial charge in [-0.15, -0.1) is 0 Å². The molecule has 7 heteroatoms. The minimum atomic E-state index is -0.665. The molecule has 0 aromatic heterocycles. The van der Waals surface area contributed by atoms with Crippen molar-refractivity contribution in [2.75, 3.05) is 34.0 Å². The van der Waals surface area contributed by atoms with E-state index in [2.05, 4.69) is 10.6 Å². The molecule has 1 aliphatic heterocycles. The number of amides is 2. The molecule has 0 aliphatic carbocycles. The largest absolute Gasteiger partial charge is 0.497 e. The summed E-state index contributed by atoms with van der Waals surface area (Å²) in [6.45, 7) is 5.64. The zero-order chi connectivity index (χ0) is 20.6. The van der Waals surface area contributed by atoms with Crippen molar-refractivity contribution in [1.82, 2.24) is 10.6 Å². The van der Waals surface area contributed by atoms with Crippen LogP contribution >= 0.6 is 0 Å². The van der Waals surface area contributed by atoms with Crippen molar-refractivity contribution in [2.24, 2.45) is 5.92 Å². The van der Waals surface area contributed by atoms with Crippen LogP contribution in [0.1, 0.15) is 38.7 Å². The minimum Gasteiger partial charge on any atom is -0.497 e. The molecule has 1 heterocycles. The highest BCUT2D eigenvalue weighted by Gasteiger charge is 2.35. The van der Waals surface area contributed by atoms with Crippen LogP contribution in [0.2, 0.25) is 0 Å². The van der Waals surface area contributed by atoms with Crippen molar-refractivity contribution >= 4 is 12.0 Å². The molecule has 1 aromatic carbocycles. The highest BCUT2D eigenvalue weighted by atomic mass is 16.5. The van der Waals surface area contributed by atoms with Gasteiger partial charge in [0.2, 0.25) is 0 Å². The molecule has 0 saturated carbocycles.